The van der Waals surface area contributed by atoms with E-state index in [4.69, 9.17) is 0 Å². The molecular weight excluding hydrogens is 248 g/mol. The van der Waals surface area contributed by atoms with Crippen LogP contribution in [0.2, 0.25) is 0 Å². The van der Waals surface area contributed by atoms with Crippen LogP contribution in [-0.2, 0) is 4.79 Å². The smallest absolute Gasteiger partial charge is 0.0420 e. The molecule has 0 saturated carbocycles. The van der Waals surface area contributed by atoms with Crippen molar-refractivity contribution in [2.45, 2.75) is 46.5 Å². The Balaban J connectivity index is 2.91. The minimum absolute atomic E-state index is 0.0184. The fraction of sp³-hybridized carbons (Fsp3) is 0.611. The fourth-order valence-corrected chi connectivity index (χ4v) is 3.52. The normalized spacial score (nSPS) is 26.4. The largest absolute Gasteiger partial charge is 0.550 e. The molecule has 0 spiro atoms. The second kappa shape index (κ2) is 6.92. The molecule has 0 aromatic carbocycles. The molecule has 0 radical (unpaired) electrons. The standard InChI is InChI=1S/C18H28O2/c1-6-8-15-10-9-13(3)16(18(15,4)5)11-14(7-2)12-17(19)20/h6-7,9,14-16H,1-2,8,10-12H2,3-5H3,(H,19,20)/p-1/t14-,15-,16-/m1/s1. The third kappa shape index (κ3) is 3.84. The summed E-state index contributed by atoms with van der Waals surface area (Å²) in [7, 11) is 0. The Bertz CT molecular complexity index is 404. The van der Waals surface area contributed by atoms with Gasteiger partial charge in [-0.1, -0.05) is 37.6 Å². The molecule has 0 fully saturated rings. The van der Waals surface area contributed by atoms with Gasteiger partial charge in [-0.2, -0.15) is 0 Å². The van der Waals surface area contributed by atoms with Gasteiger partial charge >= 0.3 is 0 Å². The Morgan fingerprint density at radius 3 is 2.70 bits per heavy atom. The van der Waals surface area contributed by atoms with E-state index in [1.165, 1.54) is 5.57 Å². The van der Waals surface area contributed by atoms with Crippen molar-refractivity contribution in [3.8, 4) is 0 Å². The number of carbonyl (C=O) groups is 1. The van der Waals surface area contributed by atoms with Gasteiger partial charge < -0.3 is 9.90 Å². The van der Waals surface area contributed by atoms with Crippen LogP contribution in [0.1, 0.15) is 46.5 Å². The summed E-state index contributed by atoms with van der Waals surface area (Å²) in [6.07, 6.45) is 9.05. The van der Waals surface area contributed by atoms with E-state index in [0.717, 1.165) is 19.3 Å². The van der Waals surface area contributed by atoms with Gasteiger partial charge in [-0.15, -0.1) is 13.2 Å². The number of hydrogen-bond donors (Lipinski definition) is 0. The molecule has 0 unspecified atom stereocenters. The van der Waals surface area contributed by atoms with Crippen LogP contribution in [0.15, 0.2) is 37.0 Å². The summed E-state index contributed by atoms with van der Waals surface area (Å²) in [5.74, 6) is -0.0476. The number of aliphatic carboxylic acids is 1. The molecule has 2 nitrogen and oxygen atoms in total. The summed E-state index contributed by atoms with van der Waals surface area (Å²) in [6, 6.07) is 0. The van der Waals surface area contributed by atoms with Crippen molar-refractivity contribution in [1.29, 1.82) is 0 Å². The van der Waals surface area contributed by atoms with Crippen molar-refractivity contribution in [2.24, 2.45) is 23.2 Å². The molecule has 0 bridgehead atoms. The number of carboxylic acid groups (broad SMARTS) is 1. The number of carboxylic acids is 1. The van der Waals surface area contributed by atoms with Gasteiger partial charge in [0.15, 0.2) is 0 Å². The van der Waals surface area contributed by atoms with E-state index < -0.39 is 5.97 Å². The zero-order valence-corrected chi connectivity index (χ0v) is 13.0. The van der Waals surface area contributed by atoms with Crippen LogP contribution in [0.5, 0.6) is 0 Å². The van der Waals surface area contributed by atoms with Crippen molar-refractivity contribution >= 4 is 5.97 Å². The lowest BCUT2D eigenvalue weighted by molar-refractivity contribution is -0.306. The van der Waals surface area contributed by atoms with Gasteiger partial charge in [0.2, 0.25) is 0 Å². The number of allylic oxidation sites excluding steroid dienone is 4. The van der Waals surface area contributed by atoms with Crippen LogP contribution >= 0.6 is 0 Å². The van der Waals surface area contributed by atoms with Crippen LogP contribution in [0.25, 0.3) is 0 Å². The summed E-state index contributed by atoms with van der Waals surface area (Å²) >= 11 is 0. The third-order valence-electron chi connectivity index (χ3n) is 4.98. The molecule has 0 N–H and O–H groups in total. The maximum absolute atomic E-state index is 10.8. The number of hydrogen-bond acceptors (Lipinski definition) is 2. The van der Waals surface area contributed by atoms with Crippen molar-refractivity contribution < 1.29 is 9.90 Å². The average Bonchev–Trinajstić information content (AvgIpc) is 2.36. The molecule has 0 aromatic rings. The minimum atomic E-state index is -0.993. The summed E-state index contributed by atoms with van der Waals surface area (Å²) in [5.41, 5.74) is 1.53. The SMILES string of the molecule is C=CC[C@@H]1CC=C(C)[C@@H](C[C@@H](C=C)CC(=O)[O-])C1(C)C. The van der Waals surface area contributed by atoms with Gasteiger partial charge in [0.25, 0.3) is 0 Å². The minimum Gasteiger partial charge on any atom is -0.550 e. The fourth-order valence-electron chi connectivity index (χ4n) is 3.52. The highest BCUT2D eigenvalue weighted by Gasteiger charge is 2.40. The first kappa shape index (κ1) is 16.7. The van der Waals surface area contributed by atoms with Crippen molar-refractivity contribution in [3.63, 3.8) is 0 Å². The van der Waals surface area contributed by atoms with Crippen molar-refractivity contribution in [3.05, 3.63) is 37.0 Å². The highest BCUT2D eigenvalue weighted by atomic mass is 16.4. The molecule has 0 heterocycles. The number of carbonyl (C=O) groups excluding carboxylic acids is 1. The predicted octanol–water partition coefficient (Wildman–Crippen LogP) is 3.50. The highest BCUT2D eigenvalue weighted by Crippen LogP contribution is 2.49. The molecule has 1 rings (SSSR count). The van der Waals surface area contributed by atoms with Crippen molar-refractivity contribution in [1.82, 2.24) is 0 Å². The van der Waals surface area contributed by atoms with E-state index in [-0.39, 0.29) is 17.8 Å². The zero-order chi connectivity index (χ0) is 15.3. The van der Waals surface area contributed by atoms with E-state index in [9.17, 15) is 9.90 Å². The Labute approximate surface area is 123 Å². The third-order valence-corrected chi connectivity index (χ3v) is 4.98. The van der Waals surface area contributed by atoms with Crippen LogP contribution in [0.3, 0.4) is 0 Å². The average molecular weight is 275 g/mol. The van der Waals surface area contributed by atoms with Gasteiger partial charge in [0, 0.05) is 5.97 Å². The highest BCUT2D eigenvalue weighted by molar-refractivity contribution is 5.64. The number of rotatable bonds is 7. The molecule has 2 heteroatoms. The van der Waals surface area contributed by atoms with Gasteiger partial charge in [0.1, 0.15) is 0 Å². The zero-order valence-electron chi connectivity index (χ0n) is 13.0. The first-order chi connectivity index (χ1) is 9.32. The second-order valence-electron chi connectivity index (χ2n) is 6.59. The molecule has 1 aliphatic rings. The molecule has 20 heavy (non-hydrogen) atoms. The van der Waals surface area contributed by atoms with E-state index in [1.807, 2.05) is 6.08 Å². The van der Waals surface area contributed by atoms with Crippen LogP contribution in [0.4, 0.5) is 0 Å². The topological polar surface area (TPSA) is 40.1 Å². The van der Waals surface area contributed by atoms with Gasteiger partial charge in [-0.25, -0.2) is 0 Å². The van der Waals surface area contributed by atoms with Crippen LogP contribution in [0, 0.1) is 23.2 Å². The molecule has 3 atom stereocenters. The molecule has 1 aliphatic carbocycles. The quantitative estimate of drug-likeness (QED) is 0.667. The van der Waals surface area contributed by atoms with Crippen molar-refractivity contribution in [2.75, 3.05) is 0 Å². The molecule has 0 saturated heterocycles. The summed E-state index contributed by atoms with van der Waals surface area (Å²) < 4.78 is 0. The maximum Gasteiger partial charge on any atom is 0.0420 e. The molecule has 0 aliphatic heterocycles. The first-order valence-electron chi connectivity index (χ1n) is 7.42. The lowest BCUT2D eigenvalue weighted by Crippen LogP contribution is -2.37. The second-order valence-corrected chi connectivity index (χ2v) is 6.59. The molecule has 0 aromatic heterocycles. The van der Waals surface area contributed by atoms with E-state index >= 15 is 0 Å². The Morgan fingerprint density at radius 2 is 2.20 bits per heavy atom. The lowest BCUT2D eigenvalue weighted by atomic mass is 9.59. The van der Waals surface area contributed by atoms with Gasteiger partial charge in [0.05, 0.1) is 0 Å². The van der Waals surface area contributed by atoms with Gasteiger partial charge in [-0.05, 0) is 55.8 Å². The Hall–Kier alpha value is -1.31. The van der Waals surface area contributed by atoms with E-state index in [1.54, 1.807) is 6.08 Å². The molecular formula is C18H27O2-. The predicted molar refractivity (Wildman–Crippen MR) is 81.9 cm³/mol. The van der Waals surface area contributed by atoms with E-state index in [0.29, 0.717) is 11.8 Å². The maximum atomic E-state index is 10.8. The summed E-state index contributed by atoms with van der Waals surface area (Å²) in [5, 5.41) is 10.8. The van der Waals surface area contributed by atoms with Crippen LogP contribution in [-0.4, -0.2) is 5.97 Å². The van der Waals surface area contributed by atoms with Gasteiger partial charge in [-0.3, -0.25) is 0 Å². The van der Waals surface area contributed by atoms with E-state index in [2.05, 4.69) is 40.0 Å². The first-order valence-corrected chi connectivity index (χ1v) is 7.42. The Kier molecular flexibility index (Phi) is 5.79. The monoisotopic (exact) mass is 275 g/mol. The molecule has 0 amide bonds. The lowest BCUT2D eigenvalue weighted by Gasteiger charge is -2.46. The summed E-state index contributed by atoms with van der Waals surface area (Å²) in [6.45, 7) is 14.4. The molecule has 112 valence electrons. The Morgan fingerprint density at radius 1 is 1.55 bits per heavy atom. The summed E-state index contributed by atoms with van der Waals surface area (Å²) in [4.78, 5) is 10.8. The van der Waals surface area contributed by atoms with Crippen LogP contribution < -0.4 is 5.11 Å².